The number of aromatic nitrogens is 2. The molecule has 1 saturated heterocycles. The van der Waals surface area contributed by atoms with Gasteiger partial charge in [0.1, 0.15) is 0 Å². The summed E-state index contributed by atoms with van der Waals surface area (Å²) in [6, 6.07) is 0.313. The van der Waals surface area contributed by atoms with Gasteiger partial charge in [-0.25, -0.2) is 0 Å². The van der Waals surface area contributed by atoms with Gasteiger partial charge in [-0.3, -0.25) is 14.4 Å². The average molecular weight is 306 g/mol. The van der Waals surface area contributed by atoms with Crippen molar-refractivity contribution in [2.45, 2.75) is 44.2 Å². The SMILES string of the molecule is Cn1cc(CCC(=O)N2CCN(C3CCCC3O)CC2)cn1. The van der Waals surface area contributed by atoms with E-state index in [-0.39, 0.29) is 12.0 Å². The van der Waals surface area contributed by atoms with Crippen molar-refractivity contribution in [2.75, 3.05) is 26.2 Å². The fourth-order valence-electron chi connectivity index (χ4n) is 3.66. The second-order valence-electron chi connectivity index (χ2n) is 6.50. The number of carbonyl (C=O) groups is 1. The van der Waals surface area contributed by atoms with E-state index in [0.29, 0.717) is 12.5 Å². The van der Waals surface area contributed by atoms with Crippen molar-refractivity contribution in [3.8, 4) is 0 Å². The predicted octanol–water partition coefficient (Wildman–Crippen LogP) is 0.410. The highest BCUT2D eigenvalue weighted by molar-refractivity contribution is 5.76. The Kier molecular flexibility index (Phi) is 4.78. The van der Waals surface area contributed by atoms with Crippen LogP contribution in [0.5, 0.6) is 0 Å². The van der Waals surface area contributed by atoms with E-state index in [1.54, 1.807) is 4.68 Å². The highest BCUT2D eigenvalue weighted by Crippen LogP contribution is 2.25. The molecule has 0 aromatic carbocycles. The molecule has 2 heterocycles. The lowest BCUT2D eigenvalue weighted by molar-refractivity contribution is -0.133. The first-order valence-electron chi connectivity index (χ1n) is 8.31. The molecule has 1 aromatic rings. The molecule has 6 heteroatoms. The van der Waals surface area contributed by atoms with Crippen molar-refractivity contribution < 1.29 is 9.90 Å². The summed E-state index contributed by atoms with van der Waals surface area (Å²) in [4.78, 5) is 16.6. The molecule has 0 bridgehead atoms. The first-order chi connectivity index (χ1) is 10.6. The smallest absolute Gasteiger partial charge is 0.222 e. The molecule has 2 atom stereocenters. The van der Waals surface area contributed by atoms with Gasteiger partial charge in [0.05, 0.1) is 12.3 Å². The van der Waals surface area contributed by atoms with Crippen LogP contribution in [0.25, 0.3) is 0 Å². The molecule has 1 N–H and O–H groups in total. The van der Waals surface area contributed by atoms with Crippen molar-refractivity contribution in [2.24, 2.45) is 7.05 Å². The van der Waals surface area contributed by atoms with Gasteiger partial charge in [-0.2, -0.15) is 5.10 Å². The Morgan fingerprint density at radius 1 is 1.32 bits per heavy atom. The third-order valence-electron chi connectivity index (χ3n) is 4.97. The Morgan fingerprint density at radius 2 is 2.09 bits per heavy atom. The van der Waals surface area contributed by atoms with E-state index in [4.69, 9.17) is 0 Å². The number of hydrogen-bond donors (Lipinski definition) is 1. The van der Waals surface area contributed by atoms with Gasteiger partial charge in [-0.1, -0.05) is 0 Å². The molecule has 3 rings (SSSR count). The molecule has 122 valence electrons. The Labute approximate surface area is 131 Å². The van der Waals surface area contributed by atoms with Gasteiger partial charge >= 0.3 is 0 Å². The maximum Gasteiger partial charge on any atom is 0.222 e. The van der Waals surface area contributed by atoms with Gasteiger partial charge in [0, 0.05) is 51.9 Å². The largest absolute Gasteiger partial charge is 0.391 e. The Balaban J connectivity index is 1.43. The Morgan fingerprint density at radius 3 is 2.68 bits per heavy atom. The first kappa shape index (κ1) is 15.5. The molecular weight excluding hydrogens is 280 g/mol. The monoisotopic (exact) mass is 306 g/mol. The molecule has 2 fully saturated rings. The summed E-state index contributed by atoms with van der Waals surface area (Å²) in [6.07, 6.45) is 8.07. The van der Waals surface area contributed by atoms with E-state index < -0.39 is 0 Å². The van der Waals surface area contributed by atoms with Crippen molar-refractivity contribution >= 4 is 5.91 Å². The van der Waals surface area contributed by atoms with Crippen LogP contribution in [-0.2, 0) is 18.3 Å². The molecule has 22 heavy (non-hydrogen) atoms. The highest BCUT2D eigenvalue weighted by Gasteiger charge is 2.33. The fourth-order valence-corrected chi connectivity index (χ4v) is 3.66. The summed E-state index contributed by atoms with van der Waals surface area (Å²) in [5.41, 5.74) is 1.11. The third-order valence-corrected chi connectivity index (χ3v) is 4.97. The quantitative estimate of drug-likeness (QED) is 0.875. The number of carbonyl (C=O) groups excluding carboxylic acids is 1. The number of hydrogen-bond acceptors (Lipinski definition) is 4. The standard InChI is InChI=1S/C16H26N4O2/c1-18-12-13(11-17-18)5-6-16(22)20-9-7-19(8-10-20)14-3-2-4-15(14)21/h11-12,14-15,21H,2-10H2,1H3. The molecular formula is C16H26N4O2. The molecule has 0 spiro atoms. The van der Waals surface area contributed by atoms with Crippen LogP contribution in [0.3, 0.4) is 0 Å². The van der Waals surface area contributed by atoms with Crippen LogP contribution in [0.1, 0.15) is 31.2 Å². The van der Waals surface area contributed by atoms with Crippen LogP contribution in [0, 0.1) is 0 Å². The van der Waals surface area contributed by atoms with Gasteiger partial charge in [0.15, 0.2) is 0 Å². The second-order valence-corrected chi connectivity index (χ2v) is 6.50. The molecule has 2 aliphatic rings. The van der Waals surface area contributed by atoms with Gasteiger partial charge in [0.2, 0.25) is 5.91 Å². The normalized spacial score (nSPS) is 26.5. The molecule has 6 nitrogen and oxygen atoms in total. The Bertz CT molecular complexity index is 508. The Hall–Kier alpha value is -1.40. The molecule has 2 unspecified atom stereocenters. The number of rotatable bonds is 4. The lowest BCUT2D eigenvalue weighted by Gasteiger charge is -2.39. The van der Waals surface area contributed by atoms with E-state index in [1.807, 2.05) is 24.3 Å². The van der Waals surface area contributed by atoms with Crippen LogP contribution in [-0.4, -0.2) is 68.9 Å². The zero-order valence-electron chi connectivity index (χ0n) is 13.3. The molecule has 1 aromatic heterocycles. The number of piperazine rings is 1. The highest BCUT2D eigenvalue weighted by atomic mass is 16.3. The summed E-state index contributed by atoms with van der Waals surface area (Å²) in [6.45, 7) is 3.35. The summed E-state index contributed by atoms with van der Waals surface area (Å²) >= 11 is 0. The summed E-state index contributed by atoms with van der Waals surface area (Å²) in [5, 5.41) is 14.1. The summed E-state index contributed by atoms with van der Waals surface area (Å²) in [7, 11) is 1.89. The van der Waals surface area contributed by atoms with Crippen molar-refractivity contribution in [1.82, 2.24) is 19.6 Å². The maximum atomic E-state index is 12.3. The van der Waals surface area contributed by atoms with Crippen molar-refractivity contribution in [1.29, 1.82) is 0 Å². The molecule has 0 radical (unpaired) electrons. The lowest BCUT2D eigenvalue weighted by atomic mass is 10.1. The number of aryl methyl sites for hydroxylation is 2. The van der Waals surface area contributed by atoms with E-state index in [0.717, 1.165) is 57.4 Å². The van der Waals surface area contributed by atoms with Crippen LogP contribution in [0.2, 0.25) is 0 Å². The molecule has 1 amide bonds. The zero-order valence-corrected chi connectivity index (χ0v) is 13.3. The van der Waals surface area contributed by atoms with E-state index in [9.17, 15) is 9.90 Å². The van der Waals surface area contributed by atoms with Gasteiger partial charge in [0.25, 0.3) is 0 Å². The minimum absolute atomic E-state index is 0.173. The van der Waals surface area contributed by atoms with Crippen LogP contribution >= 0.6 is 0 Å². The van der Waals surface area contributed by atoms with E-state index >= 15 is 0 Å². The maximum absolute atomic E-state index is 12.3. The molecule has 1 aliphatic carbocycles. The minimum atomic E-state index is -0.173. The average Bonchev–Trinajstić information content (AvgIpc) is 3.13. The topological polar surface area (TPSA) is 61.6 Å². The minimum Gasteiger partial charge on any atom is -0.391 e. The lowest BCUT2D eigenvalue weighted by Crippen LogP contribution is -2.53. The fraction of sp³-hybridized carbons (Fsp3) is 0.750. The third kappa shape index (κ3) is 3.50. The van der Waals surface area contributed by atoms with Gasteiger partial charge in [-0.05, 0) is 31.2 Å². The van der Waals surface area contributed by atoms with E-state index in [1.165, 1.54) is 0 Å². The van der Waals surface area contributed by atoms with E-state index in [2.05, 4.69) is 10.00 Å². The first-order valence-corrected chi connectivity index (χ1v) is 8.31. The van der Waals surface area contributed by atoms with Crippen molar-refractivity contribution in [3.63, 3.8) is 0 Å². The van der Waals surface area contributed by atoms with Crippen LogP contribution < -0.4 is 0 Å². The van der Waals surface area contributed by atoms with Gasteiger partial charge < -0.3 is 10.0 Å². The van der Waals surface area contributed by atoms with Gasteiger partial charge in [-0.15, -0.1) is 0 Å². The molecule has 1 saturated carbocycles. The summed E-state index contributed by atoms with van der Waals surface area (Å²) in [5.74, 6) is 0.232. The number of aliphatic hydroxyl groups excluding tert-OH is 1. The number of nitrogens with zero attached hydrogens (tertiary/aromatic N) is 4. The number of amides is 1. The van der Waals surface area contributed by atoms with Crippen molar-refractivity contribution in [3.05, 3.63) is 18.0 Å². The number of aliphatic hydroxyl groups is 1. The molecule has 1 aliphatic heterocycles. The summed E-state index contributed by atoms with van der Waals surface area (Å²) < 4.78 is 1.77. The predicted molar refractivity (Wildman–Crippen MR) is 83.3 cm³/mol. The zero-order chi connectivity index (χ0) is 15.5. The second kappa shape index (κ2) is 6.79. The van der Waals surface area contributed by atoms with Crippen LogP contribution in [0.15, 0.2) is 12.4 Å². The van der Waals surface area contributed by atoms with Crippen LogP contribution in [0.4, 0.5) is 0 Å².